The van der Waals surface area contributed by atoms with Crippen molar-refractivity contribution < 1.29 is 5.11 Å². The van der Waals surface area contributed by atoms with Crippen LogP contribution in [0.15, 0.2) is 91.0 Å². The lowest BCUT2D eigenvalue weighted by molar-refractivity contribution is 0.169. The molecule has 5 aromatic rings. The predicted molar refractivity (Wildman–Crippen MR) is 153 cm³/mol. The molecule has 2 N–H and O–H groups in total. The Labute approximate surface area is 214 Å². The van der Waals surface area contributed by atoms with E-state index in [4.69, 9.17) is 0 Å². The summed E-state index contributed by atoms with van der Waals surface area (Å²) >= 11 is 0. The minimum Gasteiger partial charge on any atom is -0.389 e. The number of nitrogens with zero attached hydrogens (tertiary/aromatic N) is 1. The second-order valence-electron chi connectivity index (χ2n) is 9.90. The number of hydrogen-bond acceptors (Lipinski definition) is 2. The van der Waals surface area contributed by atoms with Crippen molar-refractivity contribution in [3.63, 3.8) is 0 Å². The minimum absolute atomic E-state index is 0.476. The van der Waals surface area contributed by atoms with Crippen LogP contribution in [0.5, 0.6) is 0 Å². The summed E-state index contributed by atoms with van der Waals surface area (Å²) in [4.78, 5) is 0. The molecule has 1 unspecified atom stereocenters. The molecule has 0 radical (unpaired) electrons. The fraction of sp³-hybridized carbons (Fsp3) is 0.212. The Morgan fingerprint density at radius 2 is 1.36 bits per heavy atom. The molecule has 3 heteroatoms. The zero-order valence-corrected chi connectivity index (χ0v) is 21.5. The summed E-state index contributed by atoms with van der Waals surface area (Å²) < 4.78 is 2.33. The SMILES string of the molecule is Cc1ccc(NCC(O)Cn2c(-c3ccccc3)c(-c3ccccc3)c3cc(C)cc(C)c32)c(C)c1. The molecule has 0 aliphatic carbocycles. The van der Waals surface area contributed by atoms with Crippen molar-refractivity contribution in [2.24, 2.45) is 0 Å². The molecule has 0 amide bonds. The molecule has 1 heterocycles. The Kier molecular flexibility index (Phi) is 6.67. The van der Waals surface area contributed by atoms with Gasteiger partial charge in [0.2, 0.25) is 0 Å². The number of anilines is 1. The summed E-state index contributed by atoms with van der Waals surface area (Å²) in [5.74, 6) is 0. The van der Waals surface area contributed by atoms with Crippen LogP contribution >= 0.6 is 0 Å². The van der Waals surface area contributed by atoms with Gasteiger partial charge < -0.3 is 15.0 Å². The van der Waals surface area contributed by atoms with Gasteiger partial charge in [-0.3, -0.25) is 0 Å². The van der Waals surface area contributed by atoms with Gasteiger partial charge in [0.1, 0.15) is 0 Å². The summed E-state index contributed by atoms with van der Waals surface area (Å²) in [6, 6.07) is 32.1. The molecule has 4 aromatic carbocycles. The van der Waals surface area contributed by atoms with Crippen molar-refractivity contribution in [1.29, 1.82) is 0 Å². The number of benzene rings is 4. The van der Waals surface area contributed by atoms with E-state index in [0.717, 1.165) is 16.9 Å². The van der Waals surface area contributed by atoms with E-state index in [1.165, 1.54) is 44.3 Å². The third-order valence-electron chi connectivity index (χ3n) is 6.90. The Hall–Kier alpha value is -3.82. The molecule has 0 spiro atoms. The average molecular weight is 475 g/mol. The lowest BCUT2D eigenvalue weighted by Gasteiger charge is -2.19. The maximum Gasteiger partial charge on any atom is 0.0891 e. The van der Waals surface area contributed by atoms with Crippen molar-refractivity contribution >= 4 is 16.6 Å². The summed E-state index contributed by atoms with van der Waals surface area (Å²) in [5, 5.41) is 16.0. The molecule has 182 valence electrons. The molecule has 0 bridgehead atoms. The summed E-state index contributed by atoms with van der Waals surface area (Å²) in [7, 11) is 0. The molecule has 0 aliphatic rings. The van der Waals surface area contributed by atoms with Gasteiger partial charge in [0.15, 0.2) is 0 Å². The van der Waals surface area contributed by atoms with E-state index in [0.29, 0.717) is 13.1 Å². The fourth-order valence-electron chi connectivity index (χ4n) is 5.37. The van der Waals surface area contributed by atoms with E-state index in [1.54, 1.807) is 0 Å². The second-order valence-corrected chi connectivity index (χ2v) is 9.90. The van der Waals surface area contributed by atoms with Gasteiger partial charge in [0.05, 0.1) is 23.9 Å². The number of aryl methyl sites for hydroxylation is 4. The van der Waals surface area contributed by atoms with Gasteiger partial charge in [-0.15, -0.1) is 0 Å². The van der Waals surface area contributed by atoms with E-state index in [2.05, 4.69) is 129 Å². The molecule has 36 heavy (non-hydrogen) atoms. The van der Waals surface area contributed by atoms with Crippen LogP contribution in [-0.2, 0) is 6.54 Å². The number of aliphatic hydroxyl groups excluding tert-OH is 1. The first-order valence-electron chi connectivity index (χ1n) is 12.7. The lowest BCUT2D eigenvalue weighted by atomic mass is 9.97. The number of hydrogen-bond donors (Lipinski definition) is 2. The Morgan fingerprint density at radius 1 is 0.722 bits per heavy atom. The van der Waals surface area contributed by atoms with Crippen LogP contribution < -0.4 is 5.32 Å². The first-order valence-corrected chi connectivity index (χ1v) is 12.7. The number of aromatic nitrogens is 1. The molecule has 5 rings (SSSR count). The maximum atomic E-state index is 11.3. The van der Waals surface area contributed by atoms with E-state index < -0.39 is 6.10 Å². The smallest absolute Gasteiger partial charge is 0.0891 e. The first-order chi connectivity index (χ1) is 17.4. The van der Waals surface area contributed by atoms with Gasteiger partial charge in [0.25, 0.3) is 0 Å². The molecule has 1 atom stereocenters. The fourth-order valence-corrected chi connectivity index (χ4v) is 5.37. The van der Waals surface area contributed by atoms with Crippen molar-refractivity contribution in [1.82, 2.24) is 4.57 Å². The normalized spacial score (nSPS) is 12.1. The van der Waals surface area contributed by atoms with Crippen LogP contribution in [0.3, 0.4) is 0 Å². The molecular formula is C33H34N2O. The standard InChI is InChI=1S/C33H34N2O/c1-22-15-16-30(24(3)17-22)34-20-28(36)21-35-32-25(4)18-23(2)19-29(32)31(26-11-7-5-8-12-26)33(35)27-13-9-6-10-14-27/h5-19,28,34,36H,20-21H2,1-4H3. The largest absolute Gasteiger partial charge is 0.389 e. The zero-order valence-electron chi connectivity index (χ0n) is 21.5. The van der Waals surface area contributed by atoms with Crippen LogP contribution in [0.25, 0.3) is 33.3 Å². The number of nitrogens with one attached hydrogen (secondary N) is 1. The molecule has 1 aromatic heterocycles. The van der Waals surface area contributed by atoms with Crippen molar-refractivity contribution in [2.75, 3.05) is 11.9 Å². The van der Waals surface area contributed by atoms with Crippen LogP contribution in [0.4, 0.5) is 5.69 Å². The minimum atomic E-state index is -0.562. The van der Waals surface area contributed by atoms with Crippen molar-refractivity contribution in [3.05, 3.63) is 113 Å². The van der Waals surface area contributed by atoms with Gasteiger partial charge in [0, 0.05) is 23.2 Å². The number of rotatable bonds is 7. The van der Waals surface area contributed by atoms with Gasteiger partial charge >= 0.3 is 0 Å². The Morgan fingerprint density at radius 3 is 2.03 bits per heavy atom. The van der Waals surface area contributed by atoms with Gasteiger partial charge in [-0.2, -0.15) is 0 Å². The highest BCUT2D eigenvalue weighted by atomic mass is 16.3. The topological polar surface area (TPSA) is 37.2 Å². The summed E-state index contributed by atoms with van der Waals surface area (Å²) in [5.41, 5.74) is 11.9. The van der Waals surface area contributed by atoms with E-state index in [9.17, 15) is 5.11 Å². The third kappa shape index (κ3) is 4.67. The molecule has 3 nitrogen and oxygen atoms in total. The van der Waals surface area contributed by atoms with Crippen molar-refractivity contribution in [2.45, 2.75) is 40.3 Å². The monoisotopic (exact) mass is 474 g/mol. The molecule has 0 fully saturated rings. The highest BCUT2D eigenvalue weighted by Gasteiger charge is 2.23. The zero-order chi connectivity index (χ0) is 25.2. The quantitative estimate of drug-likeness (QED) is 0.254. The average Bonchev–Trinajstić information content (AvgIpc) is 3.18. The van der Waals surface area contributed by atoms with Crippen LogP contribution in [0.1, 0.15) is 22.3 Å². The van der Waals surface area contributed by atoms with Crippen LogP contribution in [0.2, 0.25) is 0 Å². The van der Waals surface area contributed by atoms with E-state index >= 15 is 0 Å². The van der Waals surface area contributed by atoms with Crippen LogP contribution in [-0.4, -0.2) is 22.3 Å². The van der Waals surface area contributed by atoms with Crippen LogP contribution in [0, 0.1) is 27.7 Å². The predicted octanol–water partition coefficient (Wildman–Crippen LogP) is 7.68. The van der Waals surface area contributed by atoms with Gasteiger partial charge in [-0.25, -0.2) is 0 Å². The molecular weight excluding hydrogens is 440 g/mol. The van der Waals surface area contributed by atoms with E-state index in [-0.39, 0.29) is 0 Å². The van der Waals surface area contributed by atoms with Gasteiger partial charge in [-0.05, 0) is 62.1 Å². The number of fused-ring (bicyclic) bond motifs is 1. The second kappa shape index (κ2) is 10.0. The van der Waals surface area contributed by atoms with E-state index in [1.807, 2.05) is 0 Å². The highest BCUT2D eigenvalue weighted by molar-refractivity contribution is 6.06. The maximum absolute atomic E-state index is 11.3. The summed E-state index contributed by atoms with van der Waals surface area (Å²) in [6.45, 7) is 9.51. The Balaban J connectivity index is 1.63. The third-order valence-corrected chi connectivity index (χ3v) is 6.90. The lowest BCUT2D eigenvalue weighted by Crippen LogP contribution is -2.25. The molecule has 0 saturated heterocycles. The first kappa shape index (κ1) is 23.9. The van der Waals surface area contributed by atoms with Gasteiger partial charge in [-0.1, -0.05) is 90.0 Å². The summed E-state index contributed by atoms with van der Waals surface area (Å²) in [6.07, 6.45) is -0.562. The Bertz CT molecular complexity index is 1500. The highest BCUT2D eigenvalue weighted by Crippen LogP contribution is 2.42. The van der Waals surface area contributed by atoms with Crippen molar-refractivity contribution in [3.8, 4) is 22.4 Å². The molecule has 0 aliphatic heterocycles. The number of aliphatic hydroxyl groups is 1. The molecule has 0 saturated carbocycles.